The molecule has 0 saturated heterocycles. The van der Waals surface area contributed by atoms with Gasteiger partial charge < -0.3 is 4.90 Å². The highest BCUT2D eigenvalue weighted by molar-refractivity contribution is 6.10. The van der Waals surface area contributed by atoms with E-state index in [1.54, 1.807) is 0 Å². The van der Waals surface area contributed by atoms with Crippen molar-refractivity contribution in [2.45, 2.75) is 19.3 Å². The number of rotatable bonds is 6. The fraction of sp³-hybridized carbons (Fsp3) is 0.0612. The second-order valence-corrected chi connectivity index (χ2v) is 13.7. The smallest absolute Gasteiger partial charge is 0.0462 e. The largest absolute Gasteiger partial charge is 0.311 e. The molecule has 0 saturated carbocycles. The average molecular weight is 640 g/mol. The van der Waals surface area contributed by atoms with Crippen LogP contribution in [-0.4, -0.2) is 0 Å². The third-order valence-electron chi connectivity index (χ3n) is 10.4. The maximum Gasteiger partial charge on any atom is 0.0462 e. The first kappa shape index (κ1) is 29.9. The summed E-state index contributed by atoms with van der Waals surface area (Å²) in [5.74, 6) is 0. The molecule has 0 aromatic heterocycles. The molecule has 1 aliphatic rings. The van der Waals surface area contributed by atoms with Crippen molar-refractivity contribution in [2.75, 3.05) is 4.90 Å². The molecule has 0 bridgehead atoms. The lowest BCUT2D eigenvalue weighted by Gasteiger charge is -2.38. The van der Waals surface area contributed by atoms with Crippen molar-refractivity contribution in [2.24, 2.45) is 0 Å². The summed E-state index contributed by atoms with van der Waals surface area (Å²) in [6.07, 6.45) is 0. The first-order valence-corrected chi connectivity index (χ1v) is 17.4. The van der Waals surface area contributed by atoms with Crippen molar-refractivity contribution in [3.8, 4) is 44.5 Å². The number of hydrogen-bond donors (Lipinski definition) is 0. The number of fused-ring (bicyclic) bond motifs is 2. The van der Waals surface area contributed by atoms with Crippen molar-refractivity contribution < 1.29 is 0 Å². The van der Waals surface area contributed by atoms with Crippen molar-refractivity contribution in [1.29, 1.82) is 0 Å². The molecule has 0 amide bonds. The molecule has 0 fully saturated rings. The summed E-state index contributed by atoms with van der Waals surface area (Å²) < 4.78 is 0. The molecule has 1 aliphatic carbocycles. The van der Waals surface area contributed by atoms with Gasteiger partial charge in [-0.1, -0.05) is 166 Å². The molecule has 0 unspecified atom stereocenters. The van der Waals surface area contributed by atoms with Gasteiger partial charge in [0.1, 0.15) is 0 Å². The minimum atomic E-state index is -0.175. The van der Waals surface area contributed by atoms with Crippen molar-refractivity contribution >= 4 is 27.8 Å². The Morgan fingerprint density at radius 1 is 0.360 bits per heavy atom. The molecule has 9 rings (SSSR count). The Bertz CT molecular complexity index is 2420. The van der Waals surface area contributed by atoms with Gasteiger partial charge in [0.2, 0.25) is 0 Å². The van der Waals surface area contributed by atoms with E-state index in [2.05, 4.69) is 207 Å². The number of hydrogen-bond acceptors (Lipinski definition) is 1. The first-order valence-electron chi connectivity index (χ1n) is 17.4. The Morgan fingerprint density at radius 3 is 1.50 bits per heavy atom. The van der Waals surface area contributed by atoms with E-state index in [4.69, 9.17) is 0 Å². The summed E-state index contributed by atoms with van der Waals surface area (Å²) in [4.78, 5) is 2.30. The fourth-order valence-corrected chi connectivity index (χ4v) is 8.09. The Labute approximate surface area is 294 Å². The molecule has 8 aromatic rings. The molecule has 1 heteroatoms. The Hall–Kier alpha value is -6.18. The summed E-state index contributed by atoms with van der Waals surface area (Å²) in [5, 5.41) is 2.67. The fourth-order valence-electron chi connectivity index (χ4n) is 8.09. The highest BCUT2D eigenvalue weighted by Gasteiger charge is 2.36. The van der Waals surface area contributed by atoms with Crippen LogP contribution in [0.2, 0.25) is 0 Å². The van der Waals surface area contributed by atoms with Crippen LogP contribution in [0.4, 0.5) is 17.1 Å². The minimum Gasteiger partial charge on any atom is -0.311 e. The average Bonchev–Trinajstić information content (AvgIpc) is 3.18. The molecule has 0 atom stereocenters. The van der Waals surface area contributed by atoms with Crippen LogP contribution < -0.4 is 4.90 Å². The number of benzene rings is 8. The lowest BCUT2D eigenvalue weighted by molar-refractivity contribution is 0.647. The van der Waals surface area contributed by atoms with Gasteiger partial charge in [-0.05, 0) is 103 Å². The van der Waals surface area contributed by atoms with Crippen LogP contribution in [0, 0.1) is 0 Å². The Morgan fingerprint density at radius 2 is 0.860 bits per heavy atom. The molecule has 0 N–H and O–H groups in total. The van der Waals surface area contributed by atoms with E-state index < -0.39 is 0 Å². The second-order valence-electron chi connectivity index (χ2n) is 13.7. The SMILES string of the molecule is CC1(C)c2c(-c3ccc(-c4ccc(N(c5ccccc5)c5ccccc5)cc4)cc3)cccc2-c2c(-c3ccccc3)ccc3cccc1c23. The third-order valence-corrected chi connectivity index (χ3v) is 10.4. The standard InChI is InChI=1S/C49H37N/c1-49(2)45-23-12-16-38-30-33-42(36-14-6-3-7-15-36)47(46(38)45)44-22-13-21-43(48(44)49)37-26-24-34(25-27-37)35-28-31-41(32-29-35)50(39-17-8-4-9-18-39)40-19-10-5-11-20-40/h3-33H,1-2H3. The van der Waals surface area contributed by atoms with Crippen LogP contribution in [0.1, 0.15) is 25.0 Å². The minimum absolute atomic E-state index is 0.175. The van der Waals surface area contributed by atoms with Gasteiger partial charge >= 0.3 is 0 Å². The Kier molecular flexibility index (Phi) is 7.21. The molecule has 0 spiro atoms. The number of nitrogens with zero attached hydrogens (tertiary/aromatic N) is 1. The summed E-state index contributed by atoms with van der Waals surface area (Å²) in [6.45, 7) is 4.79. The zero-order valence-corrected chi connectivity index (χ0v) is 28.3. The lowest BCUT2D eigenvalue weighted by Crippen LogP contribution is -2.25. The van der Waals surface area contributed by atoms with E-state index in [1.165, 1.54) is 66.4 Å². The van der Waals surface area contributed by atoms with E-state index in [9.17, 15) is 0 Å². The van der Waals surface area contributed by atoms with Gasteiger partial charge in [0.25, 0.3) is 0 Å². The summed E-state index contributed by atoms with van der Waals surface area (Å²) in [5.41, 5.74) is 16.2. The van der Waals surface area contributed by atoms with Gasteiger partial charge in [0.05, 0.1) is 0 Å². The normalized spacial score (nSPS) is 12.8. The lowest BCUT2D eigenvalue weighted by atomic mass is 9.65. The second kappa shape index (κ2) is 12.1. The Balaban J connectivity index is 1.11. The maximum atomic E-state index is 2.40. The number of anilines is 3. The molecule has 0 radical (unpaired) electrons. The van der Waals surface area contributed by atoms with E-state index in [1.807, 2.05) is 0 Å². The van der Waals surface area contributed by atoms with Crippen molar-refractivity contribution in [3.63, 3.8) is 0 Å². The summed E-state index contributed by atoms with van der Waals surface area (Å²) in [6, 6.07) is 68.3. The molecule has 238 valence electrons. The third kappa shape index (κ3) is 4.94. The monoisotopic (exact) mass is 639 g/mol. The van der Waals surface area contributed by atoms with Crippen LogP contribution in [0.5, 0.6) is 0 Å². The number of para-hydroxylation sites is 2. The zero-order valence-electron chi connectivity index (χ0n) is 28.3. The van der Waals surface area contributed by atoms with E-state index in [-0.39, 0.29) is 5.41 Å². The highest BCUT2D eigenvalue weighted by atomic mass is 15.1. The molecule has 8 aromatic carbocycles. The topological polar surface area (TPSA) is 3.24 Å². The van der Waals surface area contributed by atoms with E-state index >= 15 is 0 Å². The van der Waals surface area contributed by atoms with E-state index in [0.29, 0.717) is 0 Å². The molecule has 0 heterocycles. The maximum absolute atomic E-state index is 2.40. The van der Waals surface area contributed by atoms with Crippen LogP contribution in [0.15, 0.2) is 188 Å². The van der Waals surface area contributed by atoms with Crippen molar-refractivity contribution in [1.82, 2.24) is 0 Å². The van der Waals surface area contributed by atoms with Gasteiger partial charge in [0.15, 0.2) is 0 Å². The van der Waals surface area contributed by atoms with Gasteiger partial charge in [-0.2, -0.15) is 0 Å². The van der Waals surface area contributed by atoms with Crippen LogP contribution in [-0.2, 0) is 5.41 Å². The quantitative estimate of drug-likeness (QED) is 0.175. The summed E-state index contributed by atoms with van der Waals surface area (Å²) >= 11 is 0. The predicted octanol–water partition coefficient (Wildman–Crippen LogP) is 13.6. The summed E-state index contributed by atoms with van der Waals surface area (Å²) in [7, 11) is 0. The van der Waals surface area contributed by atoms with Crippen LogP contribution in [0.3, 0.4) is 0 Å². The molecule has 50 heavy (non-hydrogen) atoms. The van der Waals surface area contributed by atoms with Gasteiger partial charge in [-0.15, -0.1) is 0 Å². The molecular weight excluding hydrogens is 603 g/mol. The molecule has 0 aliphatic heterocycles. The van der Waals surface area contributed by atoms with E-state index in [0.717, 1.165) is 17.1 Å². The highest BCUT2D eigenvalue weighted by Crippen LogP contribution is 2.54. The predicted molar refractivity (Wildman–Crippen MR) is 213 cm³/mol. The molecule has 1 nitrogen and oxygen atoms in total. The van der Waals surface area contributed by atoms with Gasteiger partial charge in [0, 0.05) is 22.5 Å². The van der Waals surface area contributed by atoms with Crippen LogP contribution >= 0.6 is 0 Å². The van der Waals surface area contributed by atoms with Crippen molar-refractivity contribution in [3.05, 3.63) is 199 Å². The molecular formula is C49H37N. The van der Waals surface area contributed by atoms with Crippen LogP contribution in [0.25, 0.3) is 55.3 Å². The van der Waals surface area contributed by atoms with Gasteiger partial charge in [-0.25, -0.2) is 0 Å². The first-order chi connectivity index (χ1) is 24.6. The van der Waals surface area contributed by atoms with Gasteiger partial charge in [-0.3, -0.25) is 0 Å². The zero-order chi connectivity index (χ0) is 33.7.